The normalized spacial score (nSPS) is 12.3. The summed E-state index contributed by atoms with van der Waals surface area (Å²) in [5.74, 6) is 0.267. The van der Waals surface area contributed by atoms with Crippen LogP contribution in [0.25, 0.3) is 0 Å². The summed E-state index contributed by atoms with van der Waals surface area (Å²) in [5, 5.41) is 0. The number of rotatable bonds is 4. The van der Waals surface area contributed by atoms with Gasteiger partial charge in [0.1, 0.15) is 13.2 Å². The van der Waals surface area contributed by atoms with Crippen LogP contribution >= 0.6 is 0 Å². The van der Waals surface area contributed by atoms with Crippen LogP contribution in [0.1, 0.15) is 26.3 Å². The van der Waals surface area contributed by atoms with E-state index in [4.69, 9.17) is 9.47 Å². The van der Waals surface area contributed by atoms with Gasteiger partial charge in [0.15, 0.2) is 11.5 Å². The number of hydrazine groups is 1. The van der Waals surface area contributed by atoms with Crippen molar-refractivity contribution < 1.29 is 19.1 Å². The van der Waals surface area contributed by atoms with Crippen LogP contribution in [0.3, 0.4) is 0 Å². The number of nitrogens with one attached hydrogen (secondary N) is 2. The maximum absolute atomic E-state index is 12.3. The molecule has 8 nitrogen and oxygen atoms in total. The third kappa shape index (κ3) is 3.96. The maximum atomic E-state index is 12.3. The molecule has 0 aliphatic carbocycles. The Morgan fingerprint density at radius 1 is 0.929 bits per heavy atom. The molecule has 0 unspecified atom stereocenters. The Morgan fingerprint density at radius 3 is 2.32 bits per heavy atom. The van der Waals surface area contributed by atoms with Crippen LogP contribution in [0.4, 0.5) is 0 Å². The zero-order valence-corrected chi connectivity index (χ0v) is 14.9. The van der Waals surface area contributed by atoms with Crippen LogP contribution in [-0.4, -0.2) is 34.6 Å². The molecule has 0 saturated carbocycles. The third-order valence-electron chi connectivity index (χ3n) is 4.23. The summed E-state index contributed by atoms with van der Waals surface area (Å²) in [4.78, 5) is 28.5. The van der Waals surface area contributed by atoms with Gasteiger partial charge in [0.05, 0.1) is 6.33 Å². The predicted molar refractivity (Wildman–Crippen MR) is 100 cm³/mol. The van der Waals surface area contributed by atoms with Crippen molar-refractivity contribution in [1.82, 2.24) is 20.4 Å². The molecular weight excluding hydrogens is 360 g/mol. The van der Waals surface area contributed by atoms with Crippen LogP contribution < -0.4 is 20.3 Å². The fraction of sp³-hybridized carbons (Fsp3) is 0.150. The minimum Gasteiger partial charge on any atom is -0.486 e. The largest absolute Gasteiger partial charge is 0.486 e. The van der Waals surface area contributed by atoms with E-state index in [1.807, 2.05) is 22.9 Å². The Balaban J connectivity index is 1.34. The Hall–Kier alpha value is -3.81. The van der Waals surface area contributed by atoms with Crippen molar-refractivity contribution in [2.24, 2.45) is 0 Å². The highest BCUT2D eigenvalue weighted by Gasteiger charge is 2.15. The number of imidazole rings is 1. The van der Waals surface area contributed by atoms with Crippen molar-refractivity contribution in [3.63, 3.8) is 0 Å². The Labute approximate surface area is 161 Å². The summed E-state index contributed by atoms with van der Waals surface area (Å²) in [6.07, 6.45) is 5.31. The van der Waals surface area contributed by atoms with Crippen LogP contribution in [0.2, 0.25) is 0 Å². The third-order valence-corrected chi connectivity index (χ3v) is 4.23. The molecule has 2 heterocycles. The van der Waals surface area contributed by atoms with Gasteiger partial charge < -0.3 is 14.0 Å². The Kier molecular flexibility index (Phi) is 4.92. The topological polar surface area (TPSA) is 94.5 Å². The van der Waals surface area contributed by atoms with Gasteiger partial charge in [-0.25, -0.2) is 4.98 Å². The molecule has 0 saturated heterocycles. The first kappa shape index (κ1) is 17.6. The van der Waals surface area contributed by atoms with E-state index >= 15 is 0 Å². The number of hydrogen-bond donors (Lipinski definition) is 2. The second-order valence-electron chi connectivity index (χ2n) is 6.20. The molecule has 0 atom stereocenters. The average Bonchev–Trinajstić information content (AvgIpc) is 3.25. The fourth-order valence-electron chi connectivity index (χ4n) is 2.80. The number of fused-ring (bicyclic) bond motifs is 1. The van der Waals surface area contributed by atoms with Gasteiger partial charge >= 0.3 is 0 Å². The molecule has 142 valence electrons. The highest BCUT2D eigenvalue weighted by molar-refractivity contribution is 5.99. The summed E-state index contributed by atoms with van der Waals surface area (Å²) in [6, 6.07) is 12.0. The Bertz CT molecular complexity index is 984. The zero-order chi connectivity index (χ0) is 19.3. The molecule has 2 amide bonds. The van der Waals surface area contributed by atoms with E-state index in [9.17, 15) is 9.59 Å². The molecule has 1 aliphatic heterocycles. The molecule has 3 aromatic rings. The Morgan fingerprint density at radius 2 is 1.61 bits per heavy atom. The van der Waals surface area contributed by atoms with E-state index < -0.39 is 11.8 Å². The van der Waals surface area contributed by atoms with Gasteiger partial charge in [0.2, 0.25) is 0 Å². The molecule has 1 aliphatic rings. The van der Waals surface area contributed by atoms with E-state index in [2.05, 4.69) is 15.8 Å². The van der Waals surface area contributed by atoms with Crippen molar-refractivity contribution in [1.29, 1.82) is 0 Å². The van der Waals surface area contributed by atoms with Crippen molar-refractivity contribution in [2.75, 3.05) is 13.2 Å². The molecule has 8 heteroatoms. The number of benzene rings is 2. The van der Waals surface area contributed by atoms with Gasteiger partial charge in [-0.3, -0.25) is 20.4 Å². The number of carbonyl (C=O) groups is 2. The number of hydrogen-bond acceptors (Lipinski definition) is 5. The number of nitrogens with zero attached hydrogens (tertiary/aromatic N) is 2. The molecule has 0 spiro atoms. The second-order valence-corrected chi connectivity index (χ2v) is 6.20. The molecule has 1 aromatic heterocycles. The average molecular weight is 378 g/mol. The van der Waals surface area contributed by atoms with Crippen molar-refractivity contribution in [3.05, 3.63) is 77.9 Å². The number of carbonyl (C=O) groups excluding carboxylic acids is 2. The quantitative estimate of drug-likeness (QED) is 0.675. The van der Waals surface area contributed by atoms with Crippen LogP contribution in [0.15, 0.2) is 61.2 Å². The van der Waals surface area contributed by atoms with Gasteiger partial charge in [0.25, 0.3) is 11.8 Å². The lowest BCUT2D eigenvalue weighted by Crippen LogP contribution is -2.41. The number of ether oxygens (including phenoxy) is 2. The van der Waals surface area contributed by atoms with Gasteiger partial charge in [0, 0.05) is 30.1 Å². The van der Waals surface area contributed by atoms with E-state index in [0.29, 0.717) is 42.4 Å². The van der Waals surface area contributed by atoms with Gasteiger partial charge in [-0.15, -0.1) is 0 Å². The highest BCUT2D eigenvalue weighted by Crippen LogP contribution is 2.30. The fourth-order valence-corrected chi connectivity index (χ4v) is 2.80. The van der Waals surface area contributed by atoms with Crippen LogP contribution in [0, 0.1) is 0 Å². The first-order valence-corrected chi connectivity index (χ1v) is 8.74. The van der Waals surface area contributed by atoms with Crippen LogP contribution in [0.5, 0.6) is 11.5 Å². The molecule has 0 fully saturated rings. The van der Waals surface area contributed by atoms with Gasteiger partial charge in [-0.1, -0.05) is 12.1 Å². The molecular formula is C20H18N4O4. The minimum atomic E-state index is -0.443. The molecule has 28 heavy (non-hydrogen) atoms. The first-order chi connectivity index (χ1) is 13.7. The van der Waals surface area contributed by atoms with E-state index in [0.717, 1.165) is 5.56 Å². The van der Waals surface area contributed by atoms with Gasteiger partial charge in [-0.2, -0.15) is 0 Å². The summed E-state index contributed by atoms with van der Waals surface area (Å²) in [5.41, 5.74) is 6.66. The van der Waals surface area contributed by atoms with Crippen LogP contribution in [-0.2, 0) is 6.54 Å². The minimum absolute atomic E-state index is 0.361. The molecule has 2 N–H and O–H groups in total. The lowest BCUT2D eigenvalue weighted by atomic mass is 10.1. The highest BCUT2D eigenvalue weighted by atomic mass is 16.6. The number of amides is 2. The second kappa shape index (κ2) is 7.83. The molecule has 0 radical (unpaired) electrons. The van der Waals surface area contributed by atoms with Gasteiger partial charge in [-0.05, 0) is 35.9 Å². The van der Waals surface area contributed by atoms with E-state index in [1.54, 1.807) is 42.9 Å². The van der Waals surface area contributed by atoms with Crippen molar-refractivity contribution in [2.45, 2.75) is 6.54 Å². The maximum Gasteiger partial charge on any atom is 0.269 e. The van der Waals surface area contributed by atoms with E-state index in [1.165, 1.54) is 0 Å². The summed E-state index contributed by atoms with van der Waals surface area (Å²) in [6.45, 7) is 1.59. The summed E-state index contributed by atoms with van der Waals surface area (Å²) in [7, 11) is 0. The SMILES string of the molecule is O=C(NNC(=O)c1ccc2c(c1)OCCO2)c1ccc(Cn2ccnc2)cc1. The molecule has 4 rings (SSSR count). The number of aromatic nitrogens is 2. The monoisotopic (exact) mass is 378 g/mol. The summed E-state index contributed by atoms with van der Waals surface area (Å²) >= 11 is 0. The van der Waals surface area contributed by atoms with Crippen molar-refractivity contribution in [3.8, 4) is 11.5 Å². The first-order valence-electron chi connectivity index (χ1n) is 8.74. The lowest BCUT2D eigenvalue weighted by Gasteiger charge is -2.18. The standard InChI is InChI=1S/C20H18N4O4/c25-19(15-3-1-14(2-4-15)12-24-8-7-21-13-24)22-23-20(26)16-5-6-17-18(11-16)28-10-9-27-17/h1-8,11,13H,9-10,12H2,(H,22,25)(H,23,26). The van der Waals surface area contributed by atoms with Crippen molar-refractivity contribution >= 4 is 11.8 Å². The zero-order valence-electron chi connectivity index (χ0n) is 14.9. The summed E-state index contributed by atoms with van der Waals surface area (Å²) < 4.78 is 12.8. The lowest BCUT2D eigenvalue weighted by molar-refractivity contribution is 0.0846. The predicted octanol–water partition coefficient (Wildman–Crippen LogP) is 1.78. The smallest absolute Gasteiger partial charge is 0.269 e. The van der Waals surface area contributed by atoms with E-state index in [-0.39, 0.29) is 0 Å². The molecule has 2 aromatic carbocycles. The molecule has 0 bridgehead atoms.